The van der Waals surface area contributed by atoms with Crippen LogP contribution < -0.4 is 0 Å². The van der Waals surface area contributed by atoms with Gasteiger partial charge < -0.3 is 20.2 Å². The van der Waals surface area contributed by atoms with E-state index < -0.39 is 0 Å². The van der Waals surface area contributed by atoms with Gasteiger partial charge in [-0.15, -0.1) is 0 Å². The zero-order chi connectivity index (χ0) is 20.2. The minimum Gasteiger partial charge on any atom is -0.395 e. The summed E-state index contributed by atoms with van der Waals surface area (Å²) in [6.45, 7) is 2.73. The Labute approximate surface area is 167 Å². The molecule has 5 heteroatoms. The maximum Gasteiger partial charge on any atom is 0.222 e. The van der Waals surface area contributed by atoms with Crippen LogP contribution in [-0.4, -0.2) is 58.5 Å². The van der Waals surface area contributed by atoms with Crippen molar-refractivity contribution in [1.29, 1.82) is 0 Å². The lowest BCUT2D eigenvalue weighted by molar-refractivity contribution is -0.132. The normalized spacial score (nSPS) is 12.3. The second-order valence-electron chi connectivity index (χ2n) is 7.70. The Morgan fingerprint density at radius 3 is 1.67 bits per heavy atom. The Balaban J connectivity index is 3.40. The highest BCUT2D eigenvalue weighted by Crippen LogP contribution is 2.14. The molecule has 162 valence electrons. The Kier molecular flexibility index (Phi) is 19.6. The molecule has 1 unspecified atom stereocenters. The van der Waals surface area contributed by atoms with Gasteiger partial charge in [-0.25, -0.2) is 0 Å². The van der Waals surface area contributed by atoms with Gasteiger partial charge in [0.15, 0.2) is 0 Å². The van der Waals surface area contributed by atoms with Crippen molar-refractivity contribution in [2.75, 3.05) is 26.3 Å². The summed E-state index contributed by atoms with van der Waals surface area (Å²) in [5.41, 5.74) is 0. The summed E-state index contributed by atoms with van der Waals surface area (Å²) >= 11 is 0. The van der Waals surface area contributed by atoms with Gasteiger partial charge >= 0.3 is 0 Å². The third-order valence-electron chi connectivity index (χ3n) is 5.16. The fourth-order valence-corrected chi connectivity index (χ4v) is 3.43. The molecule has 3 N–H and O–H groups in total. The van der Waals surface area contributed by atoms with Crippen LogP contribution in [-0.2, 0) is 4.79 Å². The molecule has 0 aliphatic heterocycles. The molecule has 0 heterocycles. The lowest BCUT2D eigenvalue weighted by atomic mass is 10.0. The van der Waals surface area contributed by atoms with E-state index in [1.165, 1.54) is 49.8 Å². The SMILES string of the molecule is CCCCCCC(O)CCCCCCCCCCC(=O)N(CCO)CCO. The van der Waals surface area contributed by atoms with Crippen molar-refractivity contribution in [1.82, 2.24) is 4.90 Å². The van der Waals surface area contributed by atoms with E-state index in [2.05, 4.69) is 6.92 Å². The van der Waals surface area contributed by atoms with E-state index in [-0.39, 0.29) is 25.2 Å². The number of unbranched alkanes of at least 4 members (excludes halogenated alkanes) is 10. The van der Waals surface area contributed by atoms with Gasteiger partial charge in [0.1, 0.15) is 0 Å². The molecule has 0 aromatic heterocycles. The number of carbonyl (C=O) groups excluding carboxylic acids is 1. The van der Waals surface area contributed by atoms with Gasteiger partial charge in [0.25, 0.3) is 0 Å². The Morgan fingerprint density at radius 2 is 1.19 bits per heavy atom. The molecule has 0 saturated carbocycles. The highest BCUT2D eigenvalue weighted by atomic mass is 16.3. The fourth-order valence-electron chi connectivity index (χ4n) is 3.43. The number of carbonyl (C=O) groups is 1. The average Bonchev–Trinajstić information content (AvgIpc) is 2.66. The first-order chi connectivity index (χ1) is 13.2. The van der Waals surface area contributed by atoms with Crippen LogP contribution in [0, 0.1) is 0 Å². The average molecular weight is 388 g/mol. The van der Waals surface area contributed by atoms with Gasteiger partial charge in [-0.3, -0.25) is 4.79 Å². The van der Waals surface area contributed by atoms with E-state index >= 15 is 0 Å². The molecule has 0 saturated heterocycles. The third-order valence-corrected chi connectivity index (χ3v) is 5.16. The van der Waals surface area contributed by atoms with Crippen molar-refractivity contribution < 1.29 is 20.1 Å². The number of hydrogen-bond donors (Lipinski definition) is 3. The summed E-state index contributed by atoms with van der Waals surface area (Å²) in [5, 5.41) is 27.8. The van der Waals surface area contributed by atoms with Gasteiger partial charge in [0, 0.05) is 19.5 Å². The molecule has 0 bridgehead atoms. The predicted molar refractivity (Wildman–Crippen MR) is 112 cm³/mol. The monoisotopic (exact) mass is 387 g/mol. The molecule has 1 amide bonds. The predicted octanol–water partition coefficient (Wildman–Crippen LogP) is 4.03. The van der Waals surface area contributed by atoms with Crippen molar-refractivity contribution in [3.63, 3.8) is 0 Å². The lowest BCUT2D eigenvalue weighted by Gasteiger charge is -2.20. The zero-order valence-corrected chi connectivity index (χ0v) is 17.7. The number of hydrogen-bond acceptors (Lipinski definition) is 4. The first-order valence-corrected chi connectivity index (χ1v) is 11.3. The molecule has 5 nitrogen and oxygen atoms in total. The molecule has 0 radical (unpaired) electrons. The summed E-state index contributed by atoms with van der Waals surface area (Å²) in [5.74, 6) is 0.0337. The van der Waals surface area contributed by atoms with Gasteiger partial charge in [-0.1, -0.05) is 77.6 Å². The minimum atomic E-state index is -0.101. The molecule has 0 fully saturated rings. The molecular weight excluding hydrogens is 342 g/mol. The largest absolute Gasteiger partial charge is 0.395 e. The summed E-state index contributed by atoms with van der Waals surface area (Å²) < 4.78 is 0. The van der Waals surface area contributed by atoms with Crippen LogP contribution in [0.3, 0.4) is 0 Å². The maximum atomic E-state index is 12.0. The number of aliphatic hydroxyl groups excluding tert-OH is 3. The molecule has 0 aliphatic rings. The summed E-state index contributed by atoms with van der Waals surface area (Å²) in [4.78, 5) is 13.5. The zero-order valence-electron chi connectivity index (χ0n) is 17.7. The Bertz CT molecular complexity index is 319. The van der Waals surface area contributed by atoms with Gasteiger partial charge in [0.2, 0.25) is 5.91 Å². The van der Waals surface area contributed by atoms with Gasteiger partial charge in [-0.2, -0.15) is 0 Å². The van der Waals surface area contributed by atoms with Crippen molar-refractivity contribution in [3.05, 3.63) is 0 Å². The lowest BCUT2D eigenvalue weighted by Crippen LogP contribution is -2.35. The third kappa shape index (κ3) is 17.2. The van der Waals surface area contributed by atoms with Crippen LogP contribution in [0.15, 0.2) is 0 Å². The molecule has 0 rings (SSSR count). The smallest absolute Gasteiger partial charge is 0.222 e. The number of nitrogens with zero attached hydrogens (tertiary/aromatic N) is 1. The molecule has 0 aliphatic carbocycles. The second kappa shape index (κ2) is 20.1. The van der Waals surface area contributed by atoms with Gasteiger partial charge in [0.05, 0.1) is 19.3 Å². The molecular formula is C22H45NO4. The fraction of sp³-hybridized carbons (Fsp3) is 0.955. The standard InChI is InChI=1S/C22H45NO4/c1-2-3-4-11-14-21(26)15-12-9-7-5-6-8-10-13-16-22(27)23(17-19-24)18-20-25/h21,24-26H,2-20H2,1H3. The van der Waals surface area contributed by atoms with Crippen LogP contribution in [0.4, 0.5) is 0 Å². The first kappa shape index (κ1) is 26.4. The molecule has 0 aromatic carbocycles. The van der Waals surface area contributed by atoms with Gasteiger partial charge in [-0.05, 0) is 19.3 Å². The Morgan fingerprint density at radius 1 is 0.741 bits per heavy atom. The second-order valence-corrected chi connectivity index (χ2v) is 7.70. The van der Waals surface area contributed by atoms with Crippen molar-refractivity contribution >= 4 is 5.91 Å². The highest BCUT2D eigenvalue weighted by Gasteiger charge is 2.11. The van der Waals surface area contributed by atoms with E-state index in [4.69, 9.17) is 10.2 Å². The van der Waals surface area contributed by atoms with Crippen LogP contribution in [0.2, 0.25) is 0 Å². The van der Waals surface area contributed by atoms with E-state index in [1.54, 1.807) is 0 Å². The Hall–Kier alpha value is -0.650. The maximum absolute atomic E-state index is 12.0. The molecule has 1 atom stereocenters. The van der Waals surface area contributed by atoms with Crippen LogP contribution >= 0.6 is 0 Å². The number of amides is 1. The first-order valence-electron chi connectivity index (χ1n) is 11.3. The van der Waals surface area contributed by atoms with Crippen LogP contribution in [0.1, 0.15) is 103 Å². The van der Waals surface area contributed by atoms with E-state index in [0.717, 1.165) is 44.9 Å². The summed E-state index contributed by atoms with van der Waals surface area (Å²) in [6.07, 6.45) is 16.4. The molecule has 0 aromatic rings. The minimum absolute atomic E-state index is 0.0337. The van der Waals surface area contributed by atoms with Crippen molar-refractivity contribution in [3.8, 4) is 0 Å². The topological polar surface area (TPSA) is 81.0 Å². The quantitative estimate of drug-likeness (QED) is 0.276. The van der Waals surface area contributed by atoms with Crippen molar-refractivity contribution in [2.45, 2.75) is 109 Å². The summed E-state index contributed by atoms with van der Waals surface area (Å²) in [6, 6.07) is 0. The van der Waals surface area contributed by atoms with Crippen molar-refractivity contribution in [2.24, 2.45) is 0 Å². The number of aliphatic hydroxyl groups is 3. The highest BCUT2D eigenvalue weighted by molar-refractivity contribution is 5.76. The van der Waals surface area contributed by atoms with Crippen LogP contribution in [0.5, 0.6) is 0 Å². The number of rotatable bonds is 20. The summed E-state index contributed by atoms with van der Waals surface area (Å²) in [7, 11) is 0. The van der Waals surface area contributed by atoms with Crippen LogP contribution in [0.25, 0.3) is 0 Å². The molecule has 0 spiro atoms. The van der Waals surface area contributed by atoms with E-state index in [1.807, 2.05) is 0 Å². The molecule has 27 heavy (non-hydrogen) atoms. The van der Waals surface area contributed by atoms with E-state index in [0.29, 0.717) is 19.5 Å². The van der Waals surface area contributed by atoms with E-state index in [9.17, 15) is 9.90 Å².